The Morgan fingerprint density at radius 1 is 1.50 bits per heavy atom. The molecule has 1 aliphatic heterocycles. The molecule has 0 amide bonds. The van der Waals surface area contributed by atoms with Crippen molar-refractivity contribution in [2.45, 2.75) is 12.3 Å². The lowest BCUT2D eigenvalue weighted by atomic mass is 10.1. The summed E-state index contributed by atoms with van der Waals surface area (Å²) in [5.74, 6) is -1.17. The topological polar surface area (TPSA) is 12.4 Å². The van der Waals surface area contributed by atoms with Crippen LogP contribution in [0.2, 0.25) is 0 Å². The van der Waals surface area contributed by atoms with E-state index < -0.39 is 18.3 Å². The molecule has 1 nitrogen and oxygen atoms in total. The molecule has 10 heavy (non-hydrogen) atoms. The van der Waals surface area contributed by atoms with E-state index in [1.165, 1.54) is 0 Å². The molecule has 0 saturated carbocycles. The molecule has 0 radical (unpaired) electrons. The Balaban J connectivity index is 2.81. The molecule has 0 aliphatic carbocycles. The van der Waals surface area contributed by atoms with Crippen molar-refractivity contribution in [3.05, 3.63) is 12.2 Å². The largest absolute Gasteiger partial charge is 0.255 e. The fraction of sp³-hybridized carbons (Fsp3) is 0.500. The molecule has 4 heteroatoms. The number of nitrogens with zero attached hydrogens (tertiary/aromatic N) is 1. The third-order valence-corrected chi connectivity index (χ3v) is 1.34. The summed E-state index contributed by atoms with van der Waals surface area (Å²) in [5.41, 5.74) is -0.368. The molecular formula is C6H6F3N. The first-order valence-corrected chi connectivity index (χ1v) is 2.79. The lowest BCUT2D eigenvalue weighted by Gasteiger charge is -2.16. The van der Waals surface area contributed by atoms with Crippen LogP contribution in [0.25, 0.3) is 0 Å². The molecule has 0 spiro atoms. The summed E-state index contributed by atoms with van der Waals surface area (Å²) in [6.07, 6.45) is -3.57. The molecule has 2 unspecified atom stereocenters. The van der Waals surface area contributed by atoms with E-state index in [0.717, 1.165) is 0 Å². The minimum atomic E-state index is -2.04. The fourth-order valence-electron chi connectivity index (χ4n) is 0.677. The molecule has 1 heterocycles. The molecule has 2 atom stereocenters. The van der Waals surface area contributed by atoms with Gasteiger partial charge in [-0.1, -0.05) is 6.58 Å². The average molecular weight is 149 g/mol. The zero-order valence-corrected chi connectivity index (χ0v) is 5.15. The Kier molecular flexibility index (Phi) is 1.78. The summed E-state index contributed by atoms with van der Waals surface area (Å²) in [7, 11) is 0. The van der Waals surface area contributed by atoms with Crippen LogP contribution in [0.4, 0.5) is 13.2 Å². The minimum absolute atomic E-state index is 0.342. The third kappa shape index (κ3) is 1.05. The zero-order valence-electron chi connectivity index (χ0n) is 5.15. The first kappa shape index (κ1) is 7.31. The Bertz CT molecular complexity index is 187. The molecular weight excluding hydrogens is 143 g/mol. The van der Waals surface area contributed by atoms with Crippen molar-refractivity contribution in [3.8, 4) is 0 Å². The van der Waals surface area contributed by atoms with E-state index >= 15 is 0 Å². The first-order valence-electron chi connectivity index (χ1n) is 2.79. The summed E-state index contributed by atoms with van der Waals surface area (Å²) in [5, 5.41) is 0. The van der Waals surface area contributed by atoms with E-state index in [2.05, 4.69) is 11.6 Å². The maximum Gasteiger partial charge on any atom is 0.223 e. The molecule has 1 aliphatic rings. The van der Waals surface area contributed by atoms with Gasteiger partial charge in [-0.25, -0.2) is 8.78 Å². The first-order chi connectivity index (χ1) is 4.63. The van der Waals surface area contributed by atoms with E-state index in [1.807, 2.05) is 0 Å². The number of rotatable bonds is 0. The van der Waals surface area contributed by atoms with Crippen molar-refractivity contribution in [1.29, 1.82) is 0 Å². The number of hydrogen-bond donors (Lipinski definition) is 0. The van der Waals surface area contributed by atoms with Crippen LogP contribution >= 0.6 is 0 Å². The Labute approximate surface area is 56.3 Å². The van der Waals surface area contributed by atoms with Crippen molar-refractivity contribution >= 4 is 5.97 Å². The van der Waals surface area contributed by atoms with Gasteiger partial charge in [0.2, 0.25) is 5.97 Å². The summed E-state index contributed by atoms with van der Waals surface area (Å²) in [6, 6.07) is 0. The van der Waals surface area contributed by atoms with Gasteiger partial charge < -0.3 is 0 Å². The van der Waals surface area contributed by atoms with E-state index in [-0.39, 0.29) is 12.1 Å². The van der Waals surface area contributed by atoms with Gasteiger partial charge in [-0.15, -0.1) is 0 Å². The molecule has 0 fully saturated rings. The maximum absolute atomic E-state index is 12.4. The second kappa shape index (κ2) is 2.44. The highest BCUT2D eigenvalue weighted by atomic mass is 19.2. The predicted octanol–water partition coefficient (Wildman–Crippen LogP) is 1.60. The molecule has 1 rings (SSSR count). The van der Waals surface area contributed by atoms with Crippen LogP contribution in [0.1, 0.15) is 0 Å². The van der Waals surface area contributed by atoms with Crippen LogP contribution in [0.5, 0.6) is 0 Å². The van der Waals surface area contributed by atoms with Crippen molar-refractivity contribution in [2.75, 3.05) is 6.54 Å². The number of halogens is 3. The third-order valence-electron chi connectivity index (χ3n) is 1.34. The Morgan fingerprint density at radius 3 is 2.60 bits per heavy atom. The van der Waals surface area contributed by atoms with E-state index in [0.29, 0.717) is 0 Å². The van der Waals surface area contributed by atoms with Crippen molar-refractivity contribution in [1.82, 2.24) is 0 Å². The SMILES string of the molecule is C=C1C(F)CN=C(F)C1F. The van der Waals surface area contributed by atoms with E-state index in [4.69, 9.17) is 0 Å². The monoisotopic (exact) mass is 149 g/mol. The van der Waals surface area contributed by atoms with Crippen LogP contribution in [-0.4, -0.2) is 24.9 Å². The minimum Gasteiger partial charge on any atom is -0.255 e. The Hall–Kier alpha value is -0.800. The fourth-order valence-corrected chi connectivity index (χ4v) is 0.677. The van der Waals surface area contributed by atoms with Crippen molar-refractivity contribution in [2.24, 2.45) is 4.99 Å². The number of alkyl halides is 2. The second-order valence-corrected chi connectivity index (χ2v) is 2.07. The van der Waals surface area contributed by atoms with Crippen molar-refractivity contribution < 1.29 is 13.2 Å². The lowest BCUT2D eigenvalue weighted by Crippen LogP contribution is -2.28. The van der Waals surface area contributed by atoms with Gasteiger partial charge in [0.05, 0.1) is 6.54 Å². The standard InChI is InChI=1S/C6H6F3N/c1-3-4(7)2-10-6(9)5(3)8/h4-5H,1-2H2. The van der Waals surface area contributed by atoms with Gasteiger partial charge in [-0.3, -0.25) is 4.99 Å². The zero-order chi connectivity index (χ0) is 7.72. The van der Waals surface area contributed by atoms with Gasteiger partial charge in [-0.2, -0.15) is 4.39 Å². The van der Waals surface area contributed by atoms with Crippen LogP contribution in [-0.2, 0) is 0 Å². The maximum atomic E-state index is 12.4. The van der Waals surface area contributed by atoms with Gasteiger partial charge in [0, 0.05) is 5.57 Å². The highest BCUT2D eigenvalue weighted by molar-refractivity contribution is 5.83. The van der Waals surface area contributed by atoms with Gasteiger partial charge in [0.15, 0.2) is 6.17 Å². The van der Waals surface area contributed by atoms with Gasteiger partial charge in [0.25, 0.3) is 0 Å². The molecule has 0 bridgehead atoms. The van der Waals surface area contributed by atoms with Crippen LogP contribution in [0.3, 0.4) is 0 Å². The molecule has 0 aromatic rings. The normalized spacial score (nSPS) is 33.9. The molecule has 0 saturated heterocycles. The molecule has 56 valence electrons. The van der Waals surface area contributed by atoms with Gasteiger partial charge in [-0.05, 0) is 0 Å². The predicted molar refractivity (Wildman–Crippen MR) is 32.3 cm³/mol. The lowest BCUT2D eigenvalue weighted by molar-refractivity contribution is 0.320. The molecule has 0 N–H and O–H groups in total. The van der Waals surface area contributed by atoms with Gasteiger partial charge >= 0.3 is 0 Å². The van der Waals surface area contributed by atoms with Crippen molar-refractivity contribution in [3.63, 3.8) is 0 Å². The van der Waals surface area contributed by atoms with Crippen LogP contribution in [0, 0.1) is 0 Å². The summed E-state index contributed by atoms with van der Waals surface area (Å²) >= 11 is 0. The summed E-state index contributed by atoms with van der Waals surface area (Å²) in [4.78, 5) is 2.98. The summed E-state index contributed by atoms with van der Waals surface area (Å²) < 4.78 is 36.9. The highest BCUT2D eigenvalue weighted by Gasteiger charge is 2.29. The smallest absolute Gasteiger partial charge is 0.223 e. The highest BCUT2D eigenvalue weighted by Crippen LogP contribution is 2.19. The quantitative estimate of drug-likeness (QED) is 0.464. The second-order valence-electron chi connectivity index (χ2n) is 2.07. The van der Waals surface area contributed by atoms with Crippen LogP contribution < -0.4 is 0 Å². The van der Waals surface area contributed by atoms with E-state index in [9.17, 15) is 13.2 Å². The molecule has 0 aromatic heterocycles. The molecule has 0 aromatic carbocycles. The number of aliphatic imine (C=N–C) groups is 1. The average Bonchev–Trinajstić information content (AvgIpc) is 1.93. The van der Waals surface area contributed by atoms with Gasteiger partial charge in [0.1, 0.15) is 6.17 Å². The number of hydrogen-bond acceptors (Lipinski definition) is 1. The summed E-state index contributed by atoms with van der Waals surface area (Å²) in [6.45, 7) is 2.71. The van der Waals surface area contributed by atoms with E-state index in [1.54, 1.807) is 0 Å². The Morgan fingerprint density at radius 2 is 2.10 bits per heavy atom. The van der Waals surface area contributed by atoms with Crippen LogP contribution in [0.15, 0.2) is 17.1 Å².